The number of rotatable bonds is 0. The van der Waals surface area contributed by atoms with Crippen molar-refractivity contribution in [2.45, 2.75) is 75.6 Å². The van der Waals surface area contributed by atoms with Crippen molar-refractivity contribution < 1.29 is 9.84 Å². The predicted molar refractivity (Wildman–Crippen MR) is 58.7 cm³/mol. The van der Waals surface area contributed by atoms with E-state index in [1.807, 2.05) is 0 Å². The Morgan fingerprint density at radius 1 is 1.00 bits per heavy atom. The third kappa shape index (κ3) is 1.72. The van der Waals surface area contributed by atoms with E-state index in [0.29, 0.717) is 12.0 Å². The highest BCUT2D eigenvalue weighted by Crippen LogP contribution is 2.47. The summed E-state index contributed by atoms with van der Waals surface area (Å²) in [5.74, 6) is 0.449. The van der Waals surface area contributed by atoms with Gasteiger partial charge in [0.25, 0.3) is 0 Å². The molecule has 1 spiro atoms. The molecule has 3 aliphatic rings. The van der Waals surface area contributed by atoms with E-state index in [4.69, 9.17) is 4.74 Å². The minimum Gasteiger partial charge on any atom is -0.393 e. The first-order chi connectivity index (χ1) is 7.29. The van der Waals surface area contributed by atoms with Crippen molar-refractivity contribution in [2.75, 3.05) is 0 Å². The summed E-state index contributed by atoms with van der Waals surface area (Å²) in [6, 6.07) is 0. The van der Waals surface area contributed by atoms with Gasteiger partial charge in [-0.3, -0.25) is 0 Å². The van der Waals surface area contributed by atoms with Crippen LogP contribution in [0.25, 0.3) is 0 Å². The SMILES string of the molecule is OC1CC2(CCCC2)OC2CCCCC12. The minimum absolute atomic E-state index is 0.0813. The summed E-state index contributed by atoms with van der Waals surface area (Å²) in [4.78, 5) is 0. The summed E-state index contributed by atoms with van der Waals surface area (Å²) in [5.41, 5.74) is 0.0813. The Balaban J connectivity index is 1.76. The Morgan fingerprint density at radius 3 is 2.53 bits per heavy atom. The molecule has 0 aromatic heterocycles. The zero-order valence-electron chi connectivity index (χ0n) is 9.45. The Morgan fingerprint density at radius 2 is 1.73 bits per heavy atom. The first-order valence-electron chi connectivity index (χ1n) is 6.65. The van der Waals surface area contributed by atoms with Crippen molar-refractivity contribution in [1.29, 1.82) is 0 Å². The maximum Gasteiger partial charge on any atom is 0.0711 e. The maximum absolute atomic E-state index is 10.2. The van der Waals surface area contributed by atoms with Gasteiger partial charge in [-0.1, -0.05) is 25.7 Å². The second kappa shape index (κ2) is 3.74. The molecule has 2 nitrogen and oxygen atoms in total. The topological polar surface area (TPSA) is 29.5 Å². The van der Waals surface area contributed by atoms with Crippen LogP contribution in [0.1, 0.15) is 57.8 Å². The molecule has 2 heteroatoms. The van der Waals surface area contributed by atoms with E-state index in [2.05, 4.69) is 0 Å². The van der Waals surface area contributed by atoms with E-state index in [9.17, 15) is 5.11 Å². The molecule has 3 atom stereocenters. The second-order valence-electron chi connectivity index (χ2n) is 5.77. The molecule has 3 fully saturated rings. The lowest BCUT2D eigenvalue weighted by atomic mass is 9.75. The molecular formula is C13H22O2. The largest absolute Gasteiger partial charge is 0.393 e. The van der Waals surface area contributed by atoms with Gasteiger partial charge in [-0.2, -0.15) is 0 Å². The van der Waals surface area contributed by atoms with Crippen LogP contribution in [0.2, 0.25) is 0 Å². The second-order valence-corrected chi connectivity index (χ2v) is 5.77. The summed E-state index contributed by atoms with van der Waals surface area (Å²) in [7, 11) is 0. The lowest BCUT2D eigenvalue weighted by Crippen LogP contribution is -2.51. The molecule has 15 heavy (non-hydrogen) atoms. The molecule has 0 aromatic carbocycles. The number of ether oxygens (including phenoxy) is 1. The fourth-order valence-corrected chi connectivity index (χ4v) is 3.96. The first-order valence-corrected chi connectivity index (χ1v) is 6.65. The molecule has 1 saturated heterocycles. The van der Waals surface area contributed by atoms with Gasteiger partial charge in [0.05, 0.1) is 17.8 Å². The van der Waals surface area contributed by atoms with E-state index >= 15 is 0 Å². The van der Waals surface area contributed by atoms with Crippen molar-refractivity contribution in [1.82, 2.24) is 0 Å². The molecule has 86 valence electrons. The number of aliphatic hydroxyl groups is 1. The smallest absolute Gasteiger partial charge is 0.0711 e. The van der Waals surface area contributed by atoms with Gasteiger partial charge in [0, 0.05) is 12.3 Å². The Hall–Kier alpha value is -0.0800. The molecule has 3 rings (SSSR count). The van der Waals surface area contributed by atoms with E-state index < -0.39 is 0 Å². The van der Waals surface area contributed by atoms with Crippen LogP contribution in [0.4, 0.5) is 0 Å². The Labute approximate surface area is 92.0 Å². The third-order valence-corrected chi connectivity index (χ3v) is 4.75. The monoisotopic (exact) mass is 210 g/mol. The highest BCUT2D eigenvalue weighted by atomic mass is 16.5. The average molecular weight is 210 g/mol. The van der Waals surface area contributed by atoms with Crippen LogP contribution in [-0.2, 0) is 4.74 Å². The first kappa shape index (κ1) is 10.1. The fourth-order valence-electron chi connectivity index (χ4n) is 3.96. The maximum atomic E-state index is 10.2. The van der Waals surface area contributed by atoms with E-state index in [0.717, 1.165) is 6.42 Å². The van der Waals surface area contributed by atoms with Crippen LogP contribution in [-0.4, -0.2) is 22.9 Å². The van der Waals surface area contributed by atoms with Gasteiger partial charge in [0.1, 0.15) is 0 Å². The van der Waals surface area contributed by atoms with Crippen LogP contribution in [0.3, 0.4) is 0 Å². The average Bonchev–Trinajstić information content (AvgIpc) is 2.66. The van der Waals surface area contributed by atoms with Crippen molar-refractivity contribution in [3.63, 3.8) is 0 Å². The lowest BCUT2D eigenvalue weighted by molar-refractivity contribution is -0.199. The summed E-state index contributed by atoms with van der Waals surface area (Å²) in [6.07, 6.45) is 11.1. The Kier molecular flexibility index (Phi) is 2.52. The molecule has 0 bridgehead atoms. The fraction of sp³-hybridized carbons (Fsp3) is 1.00. The summed E-state index contributed by atoms with van der Waals surface area (Å²) >= 11 is 0. The number of hydrogen-bond donors (Lipinski definition) is 1. The van der Waals surface area contributed by atoms with Gasteiger partial charge in [-0.15, -0.1) is 0 Å². The molecule has 0 aromatic rings. The highest BCUT2D eigenvalue weighted by molar-refractivity contribution is 4.98. The van der Waals surface area contributed by atoms with Crippen LogP contribution in [0.15, 0.2) is 0 Å². The van der Waals surface area contributed by atoms with Crippen LogP contribution >= 0.6 is 0 Å². The Bertz CT molecular complexity index is 233. The summed E-state index contributed by atoms with van der Waals surface area (Å²) in [6.45, 7) is 0. The minimum atomic E-state index is -0.0813. The molecule has 2 aliphatic carbocycles. The quantitative estimate of drug-likeness (QED) is 0.666. The predicted octanol–water partition coefficient (Wildman–Crippen LogP) is 2.64. The van der Waals surface area contributed by atoms with Gasteiger partial charge in [0.2, 0.25) is 0 Å². The van der Waals surface area contributed by atoms with Crippen molar-refractivity contribution in [3.8, 4) is 0 Å². The molecule has 0 amide bonds. The van der Waals surface area contributed by atoms with Gasteiger partial charge < -0.3 is 9.84 Å². The standard InChI is InChI=1S/C13H22O2/c14-11-9-13(7-3-4-8-13)15-12-6-2-1-5-10(11)12/h10-12,14H,1-9H2. The normalized spacial score (nSPS) is 44.2. The third-order valence-electron chi connectivity index (χ3n) is 4.75. The molecule has 0 radical (unpaired) electrons. The molecule has 1 heterocycles. The van der Waals surface area contributed by atoms with Crippen LogP contribution in [0.5, 0.6) is 0 Å². The molecule has 1 N–H and O–H groups in total. The van der Waals surface area contributed by atoms with Crippen molar-refractivity contribution in [2.24, 2.45) is 5.92 Å². The zero-order valence-corrected chi connectivity index (χ0v) is 9.45. The van der Waals surface area contributed by atoms with E-state index in [-0.39, 0.29) is 11.7 Å². The van der Waals surface area contributed by atoms with Gasteiger partial charge in [0.15, 0.2) is 0 Å². The highest BCUT2D eigenvalue weighted by Gasteiger charge is 2.47. The van der Waals surface area contributed by atoms with Crippen molar-refractivity contribution in [3.05, 3.63) is 0 Å². The van der Waals surface area contributed by atoms with Crippen LogP contribution < -0.4 is 0 Å². The van der Waals surface area contributed by atoms with Crippen molar-refractivity contribution >= 4 is 0 Å². The van der Waals surface area contributed by atoms with Gasteiger partial charge >= 0.3 is 0 Å². The molecule has 3 unspecified atom stereocenters. The number of aliphatic hydroxyl groups excluding tert-OH is 1. The van der Waals surface area contributed by atoms with E-state index in [1.54, 1.807) is 0 Å². The van der Waals surface area contributed by atoms with Crippen LogP contribution in [0, 0.1) is 5.92 Å². The van der Waals surface area contributed by atoms with Gasteiger partial charge in [-0.25, -0.2) is 0 Å². The molecule has 2 saturated carbocycles. The summed E-state index contributed by atoms with van der Waals surface area (Å²) < 4.78 is 6.35. The lowest BCUT2D eigenvalue weighted by Gasteiger charge is -2.48. The van der Waals surface area contributed by atoms with Gasteiger partial charge in [-0.05, 0) is 25.7 Å². The molecular weight excluding hydrogens is 188 g/mol. The number of fused-ring (bicyclic) bond motifs is 1. The zero-order chi connectivity index (χ0) is 10.3. The summed E-state index contributed by atoms with van der Waals surface area (Å²) in [5, 5.41) is 10.2. The molecule has 1 aliphatic heterocycles. The number of hydrogen-bond acceptors (Lipinski definition) is 2. The van der Waals surface area contributed by atoms with E-state index in [1.165, 1.54) is 51.4 Å².